The maximum atomic E-state index is 12.3. The lowest BCUT2D eigenvalue weighted by molar-refractivity contribution is -0.123. The summed E-state index contributed by atoms with van der Waals surface area (Å²) in [5.74, 6) is -0.342. The van der Waals surface area contributed by atoms with E-state index in [0.717, 1.165) is 19.3 Å². The summed E-state index contributed by atoms with van der Waals surface area (Å²) in [6, 6.07) is 12.7. The molecule has 0 bridgehead atoms. The molecule has 0 radical (unpaired) electrons. The van der Waals surface area contributed by atoms with Crippen molar-refractivity contribution in [2.45, 2.75) is 25.3 Å². The Balaban J connectivity index is 1.59. The molecule has 26 heavy (non-hydrogen) atoms. The van der Waals surface area contributed by atoms with Gasteiger partial charge >= 0.3 is 5.97 Å². The lowest BCUT2D eigenvalue weighted by Gasteiger charge is -2.26. The van der Waals surface area contributed by atoms with Crippen LogP contribution in [0.15, 0.2) is 42.5 Å². The van der Waals surface area contributed by atoms with E-state index in [4.69, 9.17) is 16.3 Å². The van der Waals surface area contributed by atoms with E-state index < -0.39 is 5.97 Å². The fraction of sp³-hybridized carbons (Fsp3) is 0.300. The Hall–Kier alpha value is -2.53. The van der Waals surface area contributed by atoms with Crippen LogP contribution >= 0.6 is 11.6 Å². The van der Waals surface area contributed by atoms with E-state index in [9.17, 15) is 9.59 Å². The van der Waals surface area contributed by atoms with Crippen molar-refractivity contribution in [3.63, 3.8) is 0 Å². The molecule has 1 atom stereocenters. The quantitative estimate of drug-likeness (QED) is 0.811. The van der Waals surface area contributed by atoms with Crippen LogP contribution in [-0.4, -0.2) is 25.6 Å². The van der Waals surface area contributed by atoms with Gasteiger partial charge in [-0.15, -0.1) is 0 Å². The SMILES string of the molecule is COC(=O)c1ccc(OCC(=O)NC2CCCc3ccccc32)c(Cl)c1. The van der Waals surface area contributed by atoms with Crippen LogP contribution in [0.1, 0.15) is 40.4 Å². The largest absolute Gasteiger partial charge is 0.482 e. The van der Waals surface area contributed by atoms with Gasteiger partial charge in [0.25, 0.3) is 5.91 Å². The van der Waals surface area contributed by atoms with E-state index >= 15 is 0 Å². The van der Waals surface area contributed by atoms with Crippen LogP contribution in [0.25, 0.3) is 0 Å². The first-order chi connectivity index (χ1) is 12.6. The Bertz CT molecular complexity index is 821. The van der Waals surface area contributed by atoms with Gasteiger partial charge in [-0.2, -0.15) is 0 Å². The highest BCUT2D eigenvalue weighted by Gasteiger charge is 2.21. The van der Waals surface area contributed by atoms with Crippen molar-refractivity contribution in [3.8, 4) is 5.75 Å². The molecule has 1 amide bonds. The molecule has 0 aliphatic heterocycles. The second-order valence-corrected chi connectivity index (χ2v) is 6.54. The summed E-state index contributed by atoms with van der Waals surface area (Å²) >= 11 is 6.11. The normalized spacial score (nSPS) is 15.7. The minimum atomic E-state index is -0.479. The minimum absolute atomic E-state index is 0.00761. The van der Waals surface area contributed by atoms with Gasteiger partial charge in [0.15, 0.2) is 6.61 Å². The number of fused-ring (bicyclic) bond motifs is 1. The van der Waals surface area contributed by atoms with Crippen LogP contribution in [0.3, 0.4) is 0 Å². The zero-order chi connectivity index (χ0) is 18.5. The maximum absolute atomic E-state index is 12.3. The van der Waals surface area contributed by atoms with Gasteiger partial charge in [0.1, 0.15) is 5.75 Å². The third-order valence-corrected chi connectivity index (χ3v) is 4.71. The molecule has 2 aromatic carbocycles. The summed E-state index contributed by atoms with van der Waals surface area (Å²) in [7, 11) is 1.30. The van der Waals surface area contributed by atoms with E-state index in [2.05, 4.69) is 22.2 Å². The lowest BCUT2D eigenvalue weighted by Crippen LogP contribution is -2.34. The van der Waals surface area contributed by atoms with E-state index in [0.29, 0.717) is 11.3 Å². The van der Waals surface area contributed by atoms with Gasteiger partial charge < -0.3 is 14.8 Å². The highest BCUT2D eigenvalue weighted by molar-refractivity contribution is 6.32. The molecule has 136 valence electrons. The van der Waals surface area contributed by atoms with Crippen molar-refractivity contribution in [1.29, 1.82) is 0 Å². The van der Waals surface area contributed by atoms with Crippen molar-refractivity contribution >= 4 is 23.5 Å². The Morgan fingerprint density at radius 2 is 2.04 bits per heavy atom. The second-order valence-electron chi connectivity index (χ2n) is 6.14. The first-order valence-electron chi connectivity index (χ1n) is 8.46. The van der Waals surface area contributed by atoms with Crippen molar-refractivity contribution in [2.75, 3.05) is 13.7 Å². The number of carbonyl (C=O) groups is 2. The Labute approximate surface area is 157 Å². The van der Waals surface area contributed by atoms with Crippen molar-refractivity contribution in [1.82, 2.24) is 5.32 Å². The third-order valence-electron chi connectivity index (χ3n) is 4.42. The fourth-order valence-corrected chi connectivity index (χ4v) is 3.38. The number of hydrogen-bond donors (Lipinski definition) is 1. The monoisotopic (exact) mass is 373 g/mol. The predicted molar refractivity (Wildman–Crippen MR) is 98.6 cm³/mol. The third kappa shape index (κ3) is 4.17. The molecule has 1 N–H and O–H groups in total. The molecule has 1 unspecified atom stereocenters. The van der Waals surface area contributed by atoms with Crippen molar-refractivity contribution < 1.29 is 19.1 Å². The first kappa shape index (κ1) is 18.3. The number of rotatable bonds is 5. The fourth-order valence-electron chi connectivity index (χ4n) is 3.15. The summed E-state index contributed by atoms with van der Waals surface area (Å²) in [6.07, 6.45) is 3.00. The smallest absolute Gasteiger partial charge is 0.337 e. The van der Waals surface area contributed by atoms with Crippen molar-refractivity contribution in [3.05, 3.63) is 64.2 Å². The molecule has 1 aliphatic carbocycles. The Morgan fingerprint density at radius 3 is 2.81 bits per heavy atom. The van der Waals surface area contributed by atoms with E-state index in [-0.39, 0.29) is 23.6 Å². The number of benzene rings is 2. The molecule has 2 aromatic rings. The van der Waals surface area contributed by atoms with Gasteiger partial charge in [-0.3, -0.25) is 4.79 Å². The highest BCUT2D eigenvalue weighted by Crippen LogP contribution is 2.29. The van der Waals surface area contributed by atoms with Gasteiger partial charge in [-0.1, -0.05) is 35.9 Å². The average Bonchev–Trinajstić information content (AvgIpc) is 2.66. The van der Waals surface area contributed by atoms with Gasteiger partial charge in [0.2, 0.25) is 0 Å². The lowest BCUT2D eigenvalue weighted by atomic mass is 9.88. The number of halogens is 1. The molecular formula is C20H20ClNO4. The first-order valence-corrected chi connectivity index (χ1v) is 8.84. The van der Waals surface area contributed by atoms with Crippen LogP contribution in [0, 0.1) is 0 Å². The molecule has 0 saturated heterocycles. The van der Waals surface area contributed by atoms with Crippen LogP contribution in [0.4, 0.5) is 0 Å². The zero-order valence-electron chi connectivity index (χ0n) is 14.5. The summed E-state index contributed by atoms with van der Waals surface area (Å²) in [5, 5.41) is 3.28. The van der Waals surface area contributed by atoms with E-state index in [1.54, 1.807) is 12.1 Å². The molecule has 0 fully saturated rings. The van der Waals surface area contributed by atoms with Crippen LogP contribution in [-0.2, 0) is 16.0 Å². The second kappa shape index (κ2) is 8.23. The number of esters is 1. The number of amides is 1. The molecule has 0 heterocycles. The molecule has 6 heteroatoms. The highest BCUT2D eigenvalue weighted by atomic mass is 35.5. The summed E-state index contributed by atoms with van der Waals surface area (Å²) in [5.41, 5.74) is 2.78. The minimum Gasteiger partial charge on any atom is -0.482 e. The summed E-state index contributed by atoms with van der Waals surface area (Å²) in [4.78, 5) is 23.8. The van der Waals surface area contributed by atoms with E-state index in [1.165, 1.54) is 24.3 Å². The average molecular weight is 374 g/mol. The van der Waals surface area contributed by atoms with Crippen molar-refractivity contribution in [2.24, 2.45) is 0 Å². The summed E-state index contributed by atoms with van der Waals surface area (Å²) < 4.78 is 10.1. The molecule has 0 saturated carbocycles. The molecule has 3 rings (SSSR count). The summed E-state index contributed by atoms with van der Waals surface area (Å²) in [6.45, 7) is -0.143. The Kier molecular flexibility index (Phi) is 5.78. The van der Waals surface area contributed by atoms with Gasteiger partial charge in [0.05, 0.1) is 23.7 Å². The maximum Gasteiger partial charge on any atom is 0.337 e. The standard InChI is InChI=1S/C20H20ClNO4/c1-25-20(24)14-9-10-18(16(21)11-14)26-12-19(23)22-17-8-4-6-13-5-2-3-7-15(13)17/h2-3,5,7,9-11,17H,4,6,8,12H2,1H3,(H,22,23). The molecule has 0 aromatic heterocycles. The number of nitrogens with one attached hydrogen (secondary N) is 1. The van der Waals surface area contributed by atoms with Crippen LogP contribution in [0.5, 0.6) is 5.75 Å². The zero-order valence-corrected chi connectivity index (χ0v) is 15.2. The van der Waals surface area contributed by atoms with Crippen LogP contribution in [0.2, 0.25) is 5.02 Å². The topological polar surface area (TPSA) is 64.6 Å². The molecule has 1 aliphatic rings. The van der Waals surface area contributed by atoms with Gasteiger partial charge in [-0.25, -0.2) is 4.79 Å². The van der Waals surface area contributed by atoms with Gasteiger partial charge in [0, 0.05) is 0 Å². The molecule has 0 spiro atoms. The van der Waals surface area contributed by atoms with Gasteiger partial charge in [-0.05, 0) is 48.6 Å². The number of ether oxygens (including phenoxy) is 2. The Morgan fingerprint density at radius 1 is 1.23 bits per heavy atom. The number of hydrogen-bond acceptors (Lipinski definition) is 4. The number of methoxy groups -OCH3 is 1. The number of carbonyl (C=O) groups excluding carboxylic acids is 2. The molecule has 5 nitrogen and oxygen atoms in total. The molecular weight excluding hydrogens is 354 g/mol. The van der Waals surface area contributed by atoms with Crippen LogP contribution < -0.4 is 10.1 Å². The predicted octanol–water partition coefficient (Wildman–Crippen LogP) is 3.70. The number of aryl methyl sites for hydroxylation is 1. The van der Waals surface area contributed by atoms with E-state index in [1.807, 2.05) is 12.1 Å².